The third-order valence-corrected chi connectivity index (χ3v) is 8.82. The Labute approximate surface area is 206 Å². The fourth-order valence-corrected chi connectivity index (χ4v) is 6.57. The minimum atomic E-state index is -0.277. The molecule has 7 heteroatoms. The van der Waals surface area contributed by atoms with Gasteiger partial charge in [0.05, 0.1) is 10.9 Å². The number of benzene rings is 1. The Morgan fingerprint density at radius 3 is 2.53 bits per heavy atom. The Balaban J connectivity index is 1.38. The third kappa shape index (κ3) is 4.50. The molecule has 6 nitrogen and oxygen atoms in total. The summed E-state index contributed by atoms with van der Waals surface area (Å²) in [6, 6.07) is 10.4. The maximum atomic E-state index is 13.1. The van der Waals surface area contributed by atoms with Crippen LogP contribution in [0.15, 0.2) is 47.9 Å². The number of fused-ring (bicyclic) bond motifs is 2. The summed E-state index contributed by atoms with van der Waals surface area (Å²) in [5.74, 6) is 3.11. The molecule has 0 saturated heterocycles. The number of nitrogens with one attached hydrogen (secondary N) is 1. The van der Waals surface area contributed by atoms with Gasteiger partial charge in [0.2, 0.25) is 5.91 Å². The molecule has 0 radical (unpaired) electrons. The highest BCUT2D eigenvalue weighted by molar-refractivity contribution is 8.00. The minimum Gasteiger partial charge on any atom is -0.352 e. The lowest BCUT2D eigenvalue weighted by molar-refractivity contribution is -0.121. The number of hydrogen-bond acceptors (Lipinski definition) is 5. The van der Waals surface area contributed by atoms with Gasteiger partial charge in [0.15, 0.2) is 11.0 Å². The lowest BCUT2D eigenvalue weighted by Crippen LogP contribution is -2.43. The molecule has 178 valence electrons. The van der Waals surface area contributed by atoms with Gasteiger partial charge in [0.25, 0.3) is 0 Å². The third-order valence-electron chi connectivity index (χ3n) is 7.78. The lowest BCUT2D eigenvalue weighted by Gasteiger charge is -2.29. The van der Waals surface area contributed by atoms with Crippen LogP contribution in [-0.2, 0) is 4.79 Å². The Morgan fingerprint density at radius 1 is 1.06 bits per heavy atom. The first kappa shape index (κ1) is 23.1. The SMILES string of the molecule is Cc1ccc(-n2c(SC(C)C(=O)NC(C)C3CC4CCC3C4)nnc2-c2ccncc2)cc1C. The van der Waals surface area contributed by atoms with E-state index in [1.54, 1.807) is 12.4 Å². The van der Waals surface area contributed by atoms with Gasteiger partial charge in [-0.05, 0) is 100 Å². The molecular formula is C27H33N5OS. The second-order valence-corrected chi connectivity index (χ2v) is 11.4. The topological polar surface area (TPSA) is 72.7 Å². The fourth-order valence-electron chi connectivity index (χ4n) is 5.70. The van der Waals surface area contributed by atoms with E-state index in [1.165, 1.54) is 48.6 Å². The number of nitrogens with zero attached hydrogens (tertiary/aromatic N) is 4. The van der Waals surface area contributed by atoms with E-state index in [2.05, 4.69) is 64.0 Å². The zero-order valence-electron chi connectivity index (χ0n) is 20.4. The summed E-state index contributed by atoms with van der Waals surface area (Å²) in [6.45, 7) is 8.35. The molecule has 2 heterocycles. The van der Waals surface area contributed by atoms with Crippen LogP contribution in [0.4, 0.5) is 0 Å². The summed E-state index contributed by atoms with van der Waals surface area (Å²) in [4.78, 5) is 17.3. The average Bonchev–Trinajstić information content (AvgIpc) is 3.57. The summed E-state index contributed by atoms with van der Waals surface area (Å²) in [5, 5.41) is 12.8. The summed E-state index contributed by atoms with van der Waals surface area (Å²) < 4.78 is 2.05. The highest BCUT2D eigenvalue weighted by atomic mass is 32.2. The second kappa shape index (κ2) is 9.53. The maximum Gasteiger partial charge on any atom is 0.233 e. The number of pyridine rings is 1. The Kier molecular flexibility index (Phi) is 6.47. The number of carbonyl (C=O) groups excluding carboxylic acids is 1. The summed E-state index contributed by atoms with van der Waals surface area (Å²) in [7, 11) is 0. The second-order valence-electron chi connectivity index (χ2n) is 10.0. The van der Waals surface area contributed by atoms with Crippen LogP contribution in [-0.4, -0.2) is 36.9 Å². The van der Waals surface area contributed by atoms with Gasteiger partial charge >= 0.3 is 0 Å². The highest BCUT2D eigenvalue weighted by Gasteiger charge is 2.42. The number of thioether (sulfide) groups is 1. The van der Waals surface area contributed by atoms with Gasteiger partial charge in [0, 0.05) is 24.0 Å². The number of aromatic nitrogens is 4. The number of aryl methyl sites for hydroxylation is 2. The number of rotatable bonds is 7. The van der Waals surface area contributed by atoms with Gasteiger partial charge in [-0.3, -0.25) is 14.3 Å². The Hall–Kier alpha value is -2.67. The minimum absolute atomic E-state index is 0.0698. The molecule has 5 rings (SSSR count). The van der Waals surface area contributed by atoms with Crippen molar-refractivity contribution in [2.24, 2.45) is 17.8 Å². The smallest absolute Gasteiger partial charge is 0.233 e. The van der Waals surface area contributed by atoms with Gasteiger partial charge in [-0.2, -0.15) is 0 Å². The molecule has 0 aliphatic heterocycles. The van der Waals surface area contributed by atoms with Crippen molar-refractivity contribution < 1.29 is 4.79 Å². The fraction of sp³-hybridized carbons (Fsp3) is 0.481. The van der Waals surface area contributed by atoms with Gasteiger partial charge in [-0.25, -0.2) is 0 Å². The molecule has 5 atom stereocenters. The van der Waals surface area contributed by atoms with Gasteiger partial charge in [0.1, 0.15) is 0 Å². The first-order valence-electron chi connectivity index (χ1n) is 12.3. The summed E-state index contributed by atoms with van der Waals surface area (Å²) >= 11 is 1.46. The van der Waals surface area contributed by atoms with Crippen molar-refractivity contribution in [3.05, 3.63) is 53.9 Å². The van der Waals surface area contributed by atoms with Crippen LogP contribution in [0.1, 0.15) is 50.7 Å². The molecule has 2 aliphatic carbocycles. The maximum absolute atomic E-state index is 13.1. The van der Waals surface area contributed by atoms with Crippen molar-refractivity contribution in [1.82, 2.24) is 25.1 Å². The quantitative estimate of drug-likeness (QED) is 0.465. The van der Waals surface area contributed by atoms with Crippen LogP contribution in [0.5, 0.6) is 0 Å². The molecule has 1 aromatic carbocycles. The van der Waals surface area contributed by atoms with Gasteiger partial charge in [-0.1, -0.05) is 24.2 Å². The van der Waals surface area contributed by atoms with Crippen LogP contribution in [0.25, 0.3) is 17.1 Å². The molecule has 3 aromatic rings. The van der Waals surface area contributed by atoms with Gasteiger partial charge < -0.3 is 5.32 Å². The van der Waals surface area contributed by atoms with Crippen molar-refractivity contribution in [3.63, 3.8) is 0 Å². The van der Waals surface area contributed by atoms with Crippen molar-refractivity contribution in [2.75, 3.05) is 0 Å². The Bertz CT molecular complexity index is 1180. The monoisotopic (exact) mass is 475 g/mol. The molecule has 2 aromatic heterocycles. The lowest BCUT2D eigenvalue weighted by atomic mass is 9.84. The molecule has 5 unspecified atom stereocenters. The molecule has 2 bridgehead atoms. The van der Waals surface area contributed by atoms with Crippen LogP contribution in [0, 0.1) is 31.6 Å². The van der Waals surface area contributed by atoms with Crippen molar-refractivity contribution in [3.8, 4) is 17.1 Å². The van der Waals surface area contributed by atoms with E-state index in [1.807, 2.05) is 19.1 Å². The van der Waals surface area contributed by atoms with Crippen LogP contribution >= 0.6 is 11.8 Å². The number of amides is 1. The van der Waals surface area contributed by atoms with Crippen molar-refractivity contribution in [2.45, 2.75) is 69.8 Å². The van der Waals surface area contributed by atoms with Gasteiger partial charge in [-0.15, -0.1) is 10.2 Å². The van der Waals surface area contributed by atoms with Crippen molar-refractivity contribution >= 4 is 17.7 Å². The van der Waals surface area contributed by atoms with E-state index >= 15 is 0 Å². The summed E-state index contributed by atoms with van der Waals surface area (Å²) in [6.07, 6.45) is 8.85. The average molecular weight is 476 g/mol. The van der Waals surface area contributed by atoms with E-state index in [0.717, 1.165) is 28.9 Å². The zero-order chi connectivity index (χ0) is 23.8. The van der Waals surface area contributed by atoms with Crippen LogP contribution < -0.4 is 5.32 Å². The molecule has 2 aliphatic rings. The number of hydrogen-bond donors (Lipinski definition) is 1. The molecule has 1 N–H and O–H groups in total. The molecule has 0 spiro atoms. The molecule has 34 heavy (non-hydrogen) atoms. The van der Waals surface area contributed by atoms with E-state index < -0.39 is 0 Å². The largest absolute Gasteiger partial charge is 0.352 e. The molecule has 2 saturated carbocycles. The molecule has 1 amide bonds. The van der Waals surface area contributed by atoms with E-state index in [0.29, 0.717) is 11.1 Å². The number of carbonyl (C=O) groups is 1. The first-order valence-corrected chi connectivity index (χ1v) is 13.2. The summed E-state index contributed by atoms with van der Waals surface area (Å²) in [5.41, 5.74) is 4.37. The first-order chi connectivity index (χ1) is 16.4. The predicted molar refractivity (Wildman–Crippen MR) is 136 cm³/mol. The molecule has 2 fully saturated rings. The zero-order valence-corrected chi connectivity index (χ0v) is 21.2. The van der Waals surface area contributed by atoms with E-state index in [-0.39, 0.29) is 17.2 Å². The van der Waals surface area contributed by atoms with Crippen molar-refractivity contribution in [1.29, 1.82) is 0 Å². The van der Waals surface area contributed by atoms with E-state index in [9.17, 15) is 4.79 Å². The standard InChI is InChI=1S/C27H33N5OS/c1-16-5-8-23(13-17(16)2)32-25(21-9-11-28-12-10-21)30-31-27(32)34-19(4)26(33)29-18(3)24-15-20-6-7-22(24)14-20/h5,8-13,18-20,22,24H,6-7,14-15H2,1-4H3,(H,29,33). The Morgan fingerprint density at radius 2 is 1.85 bits per heavy atom. The normalized spacial score (nSPS) is 23.1. The van der Waals surface area contributed by atoms with Crippen LogP contribution in [0.2, 0.25) is 0 Å². The van der Waals surface area contributed by atoms with Crippen LogP contribution in [0.3, 0.4) is 0 Å². The van der Waals surface area contributed by atoms with E-state index in [4.69, 9.17) is 0 Å². The highest BCUT2D eigenvalue weighted by Crippen LogP contribution is 2.49. The molecular weight excluding hydrogens is 442 g/mol. The predicted octanol–water partition coefficient (Wildman–Crippen LogP) is 5.37.